The van der Waals surface area contributed by atoms with E-state index >= 15 is 0 Å². The summed E-state index contributed by atoms with van der Waals surface area (Å²) in [6.07, 6.45) is 0.662. The second kappa shape index (κ2) is 9.31. The van der Waals surface area contributed by atoms with Crippen LogP contribution in [0.25, 0.3) is 0 Å². The van der Waals surface area contributed by atoms with Crippen molar-refractivity contribution in [3.05, 3.63) is 60.2 Å². The predicted molar refractivity (Wildman–Crippen MR) is 119 cm³/mol. The zero-order valence-electron chi connectivity index (χ0n) is 17.9. The minimum atomic E-state index is -0.511. The van der Waals surface area contributed by atoms with Crippen LogP contribution in [-0.4, -0.2) is 35.7 Å². The SMILES string of the molecule is C[C@@H]1CN(Cc2ccccc2)CC[C@@H]1Nc1cccc(NC(=O)OC(C)(C)C)c1. The van der Waals surface area contributed by atoms with E-state index in [0.717, 1.165) is 37.4 Å². The van der Waals surface area contributed by atoms with E-state index in [1.165, 1.54) is 5.56 Å². The van der Waals surface area contributed by atoms with Gasteiger partial charge in [0.1, 0.15) is 5.60 Å². The smallest absolute Gasteiger partial charge is 0.412 e. The number of carbonyl (C=O) groups excluding carboxylic acids is 1. The summed E-state index contributed by atoms with van der Waals surface area (Å²) in [6, 6.07) is 18.9. The maximum absolute atomic E-state index is 12.0. The monoisotopic (exact) mass is 395 g/mol. The fraction of sp³-hybridized carbons (Fsp3) is 0.458. The Kier molecular flexibility index (Phi) is 6.80. The zero-order valence-corrected chi connectivity index (χ0v) is 17.9. The number of carbonyl (C=O) groups is 1. The molecule has 1 aliphatic heterocycles. The normalized spacial score (nSPS) is 20.1. The lowest BCUT2D eigenvalue weighted by Crippen LogP contribution is -2.44. The lowest BCUT2D eigenvalue weighted by molar-refractivity contribution is 0.0636. The largest absolute Gasteiger partial charge is 0.444 e. The Labute approximate surface area is 174 Å². The molecule has 3 rings (SSSR count). The Morgan fingerprint density at radius 3 is 2.52 bits per heavy atom. The van der Waals surface area contributed by atoms with Gasteiger partial charge in [-0.05, 0) is 56.9 Å². The molecule has 2 atom stereocenters. The van der Waals surface area contributed by atoms with Crippen LogP contribution < -0.4 is 10.6 Å². The van der Waals surface area contributed by atoms with Crippen LogP contribution in [0.3, 0.4) is 0 Å². The minimum Gasteiger partial charge on any atom is -0.444 e. The van der Waals surface area contributed by atoms with Gasteiger partial charge in [0, 0.05) is 37.1 Å². The van der Waals surface area contributed by atoms with E-state index in [-0.39, 0.29) is 0 Å². The van der Waals surface area contributed by atoms with Gasteiger partial charge in [-0.3, -0.25) is 10.2 Å². The highest BCUT2D eigenvalue weighted by Crippen LogP contribution is 2.24. The lowest BCUT2D eigenvalue weighted by Gasteiger charge is -2.38. The summed E-state index contributed by atoms with van der Waals surface area (Å²) in [6.45, 7) is 11.0. The highest BCUT2D eigenvalue weighted by Gasteiger charge is 2.26. The summed E-state index contributed by atoms with van der Waals surface area (Å²) in [5.41, 5.74) is 2.61. The van der Waals surface area contributed by atoms with E-state index in [1.54, 1.807) is 0 Å². The number of likely N-dealkylation sites (tertiary alicyclic amines) is 1. The molecule has 5 heteroatoms. The van der Waals surface area contributed by atoms with E-state index in [4.69, 9.17) is 4.74 Å². The topological polar surface area (TPSA) is 53.6 Å². The summed E-state index contributed by atoms with van der Waals surface area (Å²) < 4.78 is 5.33. The molecular weight excluding hydrogens is 362 g/mol. The quantitative estimate of drug-likeness (QED) is 0.716. The second-order valence-corrected chi connectivity index (χ2v) is 8.95. The van der Waals surface area contributed by atoms with Gasteiger partial charge in [0.2, 0.25) is 0 Å². The van der Waals surface area contributed by atoms with Crippen LogP contribution in [0.5, 0.6) is 0 Å². The van der Waals surface area contributed by atoms with Gasteiger partial charge in [-0.2, -0.15) is 0 Å². The van der Waals surface area contributed by atoms with Crippen molar-refractivity contribution in [1.29, 1.82) is 0 Å². The van der Waals surface area contributed by atoms with Crippen molar-refractivity contribution in [2.75, 3.05) is 23.7 Å². The fourth-order valence-electron chi connectivity index (χ4n) is 3.75. The van der Waals surface area contributed by atoms with Crippen LogP contribution in [-0.2, 0) is 11.3 Å². The molecule has 1 heterocycles. The lowest BCUT2D eigenvalue weighted by atomic mass is 9.93. The van der Waals surface area contributed by atoms with Crippen molar-refractivity contribution in [1.82, 2.24) is 4.90 Å². The molecule has 0 aromatic heterocycles. The van der Waals surface area contributed by atoms with Crippen LogP contribution in [0, 0.1) is 5.92 Å². The van der Waals surface area contributed by atoms with Crippen molar-refractivity contribution in [3.8, 4) is 0 Å². The van der Waals surface area contributed by atoms with Crippen LogP contribution in [0.15, 0.2) is 54.6 Å². The van der Waals surface area contributed by atoms with Crippen LogP contribution in [0.2, 0.25) is 0 Å². The molecule has 0 radical (unpaired) electrons. The molecule has 0 saturated carbocycles. The second-order valence-electron chi connectivity index (χ2n) is 8.95. The highest BCUT2D eigenvalue weighted by atomic mass is 16.6. The van der Waals surface area contributed by atoms with E-state index in [1.807, 2.05) is 45.0 Å². The number of amides is 1. The molecule has 0 unspecified atom stereocenters. The first-order chi connectivity index (χ1) is 13.8. The van der Waals surface area contributed by atoms with Gasteiger partial charge in [-0.1, -0.05) is 43.3 Å². The predicted octanol–water partition coefficient (Wildman–Crippen LogP) is 5.36. The maximum Gasteiger partial charge on any atom is 0.412 e. The molecule has 1 aliphatic rings. The third kappa shape index (κ3) is 6.79. The summed E-state index contributed by atoms with van der Waals surface area (Å²) in [4.78, 5) is 14.5. The summed E-state index contributed by atoms with van der Waals surface area (Å²) in [5.74, 6) is 0.537. The first-order valence-corrected chi connectivity index (χ1v) is 10.4. The first kappa shape index (κ1) is 21.2. The van der Waals surface area contributed by atoms with E-state index < -0.39 is 11.7 Å². The Bertz CT molecular complexity index is 801. The average Bonchev–Trinajstić information content (AvgIpc) is 2.63. The Morgan fingerprint density at radius 2 is 1.83 bits per heavy atom. The van der Waals surface area contributed by atoms with Crippen molar-refractivity contribution in [3.63, 3.8) is 0 Å². The van der Waals surface area contributed by atoms with E-state index in [2.05, 4.69) is 52.8 Å². The Morgan fingerprint density at radius 1 is 1.10 bits per heavy atom. The Balaban J connectivity index is 1.53. The molecule has 0 bridgehead atoms. The third-order valence-corrected chi connectivity index (χ3v) is 5.10. The van der Waals surface area contributed by atoms with Crippen molar-refractivity contribution < 1.29 is 9.53 Å². The van der Waals surface area contributed by atoms with Crippen molar-refractivity contribution in [2.45, 2.75) is 52.3 Å². The van der Waals surface area contributed by atoms with Crippen molar-refractivity contribution >= 4 is 17.5 Å². The number of piperidine rings is 1. The van der Waals surface area contributed by atoms with Crippen molar-refractivity contribution in [2.24, 2.45) is 5.92 Å². The summed E-state index contributed by atoms with van der Waals surface area (Å²) in [7, 11) is 0. The molecular formula is C24H33N3O2. The van der Waals surface area contributed by atoms with E-state index in [0.29, 0.717) is 12.0 Å². The van der Waals surface area contributed by atoms with Crippen LogP contribution >= 0.6 is 0 Å². The molecule has 1 amide bonds. The standard InChI is InChI=1S/C24H33N3O2/c1-18-16-27(17-19-9-6-5-7-10-19)14-13-22(18)25-20-11-8-12-21(15-20)26-23(28)29-24(2,3)4/h5-12,15,18,22,25H,13-14,16-17H2,1-4H3,(H,26,28)/t18-,22+/m1/s1. The molecule has 156 valence electrons. The van der Waals surface area contributed by atoms with Crippen LogP contribution in [0.1, 0.15) is 39.7 Å². The maximum atomic E-state index is 12.0. The summed E-state index contributed by atoms with van der Waals surface area (Å²) in [5, 5.41) is 6.47. The average molecular weight is 396 g/mol. The number of benzene rings is 2. The molecule has 2 aromatic carbocycles. The van der Waals surface area contributed by atoms with Gasteiger partial charge in [0.15, 0.2) is 0 Å². The summed E-state index contributed by atoms with van der Waals surface area (Å²) >= 11 is 0. The molecule has 1 fully saturated rings. The number of nitrogens with zero attached hydrogens (tertiary/aromatic N) is 1. The van der Waals surface area contributed by atoms with Crippen LogP contribution in [0.4, 0.5) is 16.2 Å². The van der Waals surface area contributed by atoms with E-state index in [9.17, 15) is 4.79 Å². The zero-order chi connectivity index (χ0) is 20.9. The molecule has 29 heavy (non-hydrogen) atoms. The number of hydrogen-bond donors (Lipinski definition) is 2. The molecule has 2 N–H and O–H groups in total. The fourth-order valence-corrected chi connectivity index (χ4v) is 3.75. The third-order valence-electron chi connectivity index (χ3n) is 5.10. The number of ether oxygens (including phenoxy) is 1. The molecule has 1 saturated heterocycles. The molecule has 0 spiro atoms. The molecule has 2 aromatic rings. The van der Waals surface area contributed by atoms with Gasteiger partial charge in [-0.25, -0.2) is 4.79 Å². The number of hydrogen-bond acceptors (Lipinski definition) is 4. The minimum absolute atomic E-state index is 0.416. The number of nitrogens with one attached hydrogen (secondary N) is 2. The number of anilines is 2. The van der Waals surface area contributed by atoms with Gasteiger partial charge in [0.05, 0.1) is 0 Å². The highest BCUT2D eigenvalue weighted by molar-refractivity contribution is 5.85. The van der Waals surface area contributed by atoms with Gasteiger partial charge in [0.25, 0.3) is 0 Å². The first-order valence-electron chi connectivity index (χ1n) is 10.4. The van der Waals surface area contributed by atoms with Gasteiger partial charge < -0.3 is 10.1 Å². The van der Waals surface area contributed by atoms with Gasteiger partial charge in [-0.15, -0.1) is 0 Å². The van der Waals surface area contributed by atoms with Gasteiger partial charge >= 0.3 is 6.09 Å². The Hall–Kier alpha value is -2.53. The molecule has 0 aliphatic carbocycles. The molecule has 5 nitrogen and oxygen atoms in total. The number of rotatable bonds is 5.